The lowest BCUT2D eigenvalue weighted by Crippen LogP contribution is -2.15. The molecule has 0 amide bonds. The van der Waals surface area contributed by atoms with E-state index in [2.05, 4.69) is 5.10 Å². The van der Waals surface area contributed by atoms with Gasteiger partial charge in [0.1, 0.15) is 16.1 Å². The van der Waals surface area contributed by atoms with Gasteiger partial charge in [-0.2, -0.15) is 5.10 Å². The van der Waals surface area contributed by atoms with Crippen molar-refractivity contribution in [1.29, 1.82) is 0 Å². The minimum Gasteiger partial charge on any atom is -0.465 e. The zero-order valence-corrected chi connectivity index (χ0v) is 19.5. The number of para-hydroxylation sites is 1. The van der Waals surface area contributed by atoms with Crippen molar-refractivity contribution in [2.45, 2.75) is 6.92 Å². The topological polar surface area (TPSA) is 123 Å². The molecule has 10 heteroatoms. The van der Waals surface area contributed by atoms with Crippen LogP contribution < -0.4 is 5.73 Å². The molecule has 9 nitrogen and oxygen atoms in total. The second kappa shape index (κ2) is 9.36. The minimum atomic E-state index is -0.747. The summed E-state index contributed by atoms with van der Waals surface area (Å²) < 4.78 is 17.1. The maximum atomic E-state index is 12.8. The van der Waals surface area contributed by atoms with Crippen LogP contribution in [0.3, 0.4) is 0 Å². The largest absolute Gasteiger partial charge is 0.465 e. The molecule has 0 unspecified atom stereocenters. The fraction of sp³-hybridized carbons (Fsp3) is 0.167. The normalized spacial score (nSPS) is 10.8. The van der Waals surface area contributed by atoms with E-state index in [9.17, 15) is 14.4 Å². The second-order valence-corrected chi connectivity index (χ2v) is 8.13. The number of rotatable bonds is 6. The molecule has 0 saturated carbocycles. The molecule has 4 aromatic rings. The number of benzene rings is 2. The van der Waals surface area contributed by atoms with Crippen LogP contribution in [0.25, 0.3) is 27.0 Å². The summed E-state index contributed by atoms with van der Waals surface area (Å²) in [7, 11) is 2.44. The quantitative estimate of drug-likeness (QED) is 0.324. The van der Waals surface area contributed by atoms with Crippen LogP contribution >= 0.6 is 11.3 Å². The SMILES string of the molecule is CCOC(=O)c1sc2ccc(-c3nn(-c4ccccc4)c(C(=O)OC)c3C(=O)OC)cc2c1N. The van der Waals surface area contributed by atoms with E-state index in [1.165, 1.54) is 30.2 Å². The van der Waals surface area contributed by atoms with Crippen LogP contribution in [-0.4, -0.2) is 48.5 Å². The monoisotopic (exact) mass is 479 g/mol. The van der Waals surface area contributed by atoms with E-state index >= 15 is 0 Å². The molecule has 2 aromatic carbocycles. The molecule has 174 valence electrons. The van der Waals surface area contributed by atoms with Gasteiger partial charge in [0.05, 0.1) is 32.2 Å². The van der Waals surface area contributed by atoms with Gasteiger partial charge in [0.2, 0.25) is 0 Å². The number of nitrogens with zero attached hydrogens (tertiary/aromatic N) is 2. The number of fused-ring (bicyclic) bond motifs is 1. The number of methoxy groups -OCH3 is 2. The molecule has 0 bridgehead atoms. The number of carbonyl (C=O) groups is 3. The molecule has 0 saturated heterocycles. The van der Waals surface area contributed by atoms with Crippen LogP contribution in [0.15, 0.2) is 48.5 Å². The van der Waals surface area contributed by atoms with E-state index in [1.54, 1.807) is 49.4 Å². The van der Waals surface area contributed by atoms with Gasteiger partial charge >= 0.3 is 17.9 Å². The van der Waals surface area contributed by atoms with Crippen molar-refractivity contribution >= 4 is 45.0 Å². The zero-order valence-electron chi connectivity index (χ0n) is 18.7. The Hall–Kier alpha value is -4.18. The zero-order chi connectivity index (χ0) is 24.4. The first kappa shape index (κ1) is 23.0. The van der Waals surface area contributed by atoms with Gasteiger partial charge in [-0.15, -0.1) is 11.3 Å². The Bertz CT molecular complexity index is 1410. The molecule has 0 aliphatic heterocycles. The van der Waals surface area contributed by atoms with Gasteiger partial charge in [-0.1, -0.05) is 24.3 Å². The van der Waals surface area contributed by atoms with E-state index in [1.807, 2.05) is 6.07 Å². The number of esters is 3. The predicted molar refractivity (Wildman–Crippen MR) is 127 cm³/mol. The fourth-order valence-corrected chi connectivity index (χ4v) is 4.57. The third kappa shape index (κ3) is 3.88. The van der Waals surface area contributed by atoms with E-state index in [0.717, 1.165) is 4.70 Å². The van der Waals surface area contributed by atoms with E-state index in [-0.39, 0.29) is 29.2 Å². The molecule has 0 atom stereocenters. The van der Waals surface area contributed by atoms with Crippen molar-refractivity contribution in [3.05, 3.63) is 64.7 Å². The highest BCUT2D eigenvalue weighted by Crippen LogP contribution is 2.38. The van der Waals surface area contributed by atoms with Crippen LogP contribution in [0.1, 0.15) is 37.4 Å². The van der Waals surface area contributed by atoms with Crippen LogP contribution in [0.5, 0.6) is 0 Å². The Morgan fingerprint density at radius 2 is 1.71 bits per heavy atom. The molecule has 0 spiro atoms. The smallest absolute Gasteiger partial charge is 0.357 e. The first-order chi connectivity index (χ1) is 16.4. The number of anilines is 1. The molecule has 0 fully saturated rings. The molecule has 2 N–H and O–H groups in total. The van der Waals surface area contributed by atoms with Crippen molar-refractivity contribution < 1.29 is 28.6 Å². The number of ether oxygens (including phenoxy) is 3. The van der Waals surface area contributed by atoms with Crippen molar-refractivity contribution in [2.75, 3.05) is 26.6 Å². The maximum Gasteiger partial charge on any atom is 0.357 e. The first-order valence-electron chi connectivity index (χ1n) is 10.3. The molecule has 2 heterocycles. The maximum absolute atomic E-state index is 12.8. The van der Waals surface area contributed by atoms with Gasteiger partial charge < -0.3 is 19.9 Å². The molecular formula is C24H21N3O6S. The lowest BCUT2D eigenvalue weighted by molar-refractivity contribution is 0.0531. The first-order valence-corrected chi connectivity index (χ1v) is 11.1. The van der Waals surface area contributed by atoms with Crippen LogP contribution in [-0.2, 0) is 14.2 Å². The van der Waals surface area contributed by atoms with Gasteiger partial charge in [-0.25, -0.2) is 19.1 Å². The van der Waals surface area contributed by atoms with Crippen molar-refractivity contribution in [2.24, 2.45) is 0 Å². The molecule has 4 rings (SSSR count). The minimum absolute atomic E-state index is 0.0445. The van der Waals surface area contributed by atoms with Gasteiger partial charge in [0.25, 0.3) is 0 Å². The lowest BCUT2D eigenvalue weighted by Gasteiger charge is -2.07. The van der Waals surface area contributed by atoms with Crippen molar-refractivity contribution in [1.82, 2.24) is 9.78 Å². The Balaban J connectivity index is 1.97. The highest BCUT2D eigenvalue weighted by atomic mass is 32.1. The number of hydrogen-bond acceptors (Lipinski definition) is 9. The van der Waals surface area contributed by atoms with Crippen LogP contribution in [0, 0.1) is 0 Å². The molecule has 34 heavy (non-hydrogen) atoms. The molecular weight excluding hydrogens is 458 g/mol. The third-order valence-electron chi connectivity index (χ3n) is 5.12. The van der Waals surface area contributed by atoms with Gasteiger partial charge in [0, 0.05) is 15.6 Å². The van der Waals surface area contributed by atoms with Crippen molar-refractivity contribution in [3.8, 4) is 16.9 Å². The number of aromatic nitrogens is 2. The van der Waals surface area contributed by atoms with E-state index < -0.39 is 17.9 Å². The van der Waals surface area contributed by atoms with Crippen molar-refractivity contribution in [3.63, 3.8) is 0 Å². The van der Waals surface area contributed by atoms with E-state index in [4.69, 9.17) is 19.9 Å². The van der Waals surface area contributed by atoms with Gasteiger partial charge in [0.15, 0.2) is 5.69 Å². The van der Waals surface area contributed by atoms with Gasteiger partial charge in [-0.05, 0) is 31.2 Å². The van der Waals surface area contributed by atoms with E-state index in [0.29, 0.717) is 21.5 Å². The summed E-state index contributed by atoms with van der Waals surface area (Å²) >= 11 is 1.21. The highest BCUT2D eigenvalue weighted by Gasteiger charge is 2.31. The average molecular weight is 480 g/mol. The Labute approximate surface area is 198 Å². The van der Waals surface area contributed by atoms with Crippen LogP contribution in [0.2, 0.25) is 0 Å². The summed E-state index contributed by atoms with van der Waals surface area (Å²) in [6.07, 6.45) is 0. The summed E-state index contributed by atoms with van der Waals surface area (Å²) in [6, 6.07) is 14.1. The number of thiophene rings is 1. The highest BCUT2D eigenvalue weighted by molar-refractivity contribution is 7.21. The average Bonchev–Trinajstić information content (AvgIpc) is 3.42. The fourth-order valence-electron chi connectivity index (χ4n) is 3.57. The Morgan fingerprint density at radius 3 is 2.35 bits per heavy atom. The molecule has 0 aliphatic rings. The Kier molecular flexibility index (Phi) is 6.33. The van der Waals surface area contributed by atoms with Gasteiger partial charge in [-0.3, -0.25) is 0 Å². The predicted octanol–water partition coefficient (Wildman–Crippen LogP) is 4.09. The second-order valence-electron chi connectivity index (χ2n) is 7.08. The standard InChI is InChI=1S/C24H21N3O6S/c1-4-33-24(30)21-18(25)15-12-13(10-11-16(15)34-21)19-17(22(28)31-2)20(23(29)32-3)27(26-19)14-8-6-5-7-9-14/h5-12H,4,25H2,1-3H3. The number of nitrogens with two attached hydrogens (primary N) is 1. The summed E-state index contributed by atoms with van der Waals surface area (Å²) in [5.41, 5.74) is 7.69. The molecule has 0 radical (unpaired) electrons. The summed E-state index contributed by atoms with van der Waals surface area (Å²) in [6.45, 7) is 1.95. The number of hydrogen-bond donors (Lipinski definition) is 1. The summed E-state index contributed by atoms with van der Waals surface area (Å²) in [4.78, 5) is 38.1. The molecule has 0 aliphatic carbocycles. The third-order valence-corrected chi connectivity index (χ3v) is 6.28. The Morgan fingerprint density at radius 1 is 1.00 bits per heavy atom. The summed E-state index contributed by atoms with van der Waals surface area (Å²) in [5.74, 6) is -1.99. The lowest BCUT2D eigenvalue weighted by atomic mass is 10.0. The number of carbonyl (C=O) groups excluding carboxylic acids is 3. The number of nitrogen functional groups attached to an aromatic ring is 1. The molecule has 2 aromatic heterocycles. The van der Waals surface area contributed by atoms with Crippen LogP contribution in [0.4, 0.5) is 5.69 Å². The summed E-state index contributed by atoms with van der Waals surface area (Å²) in [5, 5.41) is 5.19.